The van der Waals surface area contributed by atoms with Crippen LogP contribution in [0.25, 0.3) is 0 Å². The second-order valence-electron chi connectivity index (χ2n) is 2.99. The number of hydrogen-bond donors (Lipinski definition) is 0. The van der Waals surface area contributed by atoms with Crippen LogP contribution in [0.4, 0.5) is 5.69 Å². The van der Waals surface area contributed by atoms with Crippen molar-refractivity contribution in [3.05, 3.63) is 18.2 Å². The predicted octanol–water partition coefficient (Wildman–Crippen LogP) is 1.19. The van der Waals surface area contributed by atoms with Crippen molar-refractivity contribution in [2.24, 2.45) is 4.99 Å². The molecule has 1 amide bonds. The largest absolute Gasteiger partial charge is 0.275 e. The number of amides is 1. The molecule has 0 fully saturated rings. The third kappa shape index (κ3) is 3.12. The number of aromatic nitrogens is 2. The molecule has 0 bridgehead atoms. The van der Waals surface area contributed by atoms with Gasteiger partial charge in [0.25, 0.3) is 0 Å². The van der Waals surface area contributed by atoms with Gasteiger partial charge in [0.15, 0.2) is 0 Å². The van der Waals surface area contributed by atoms with Gasteiger partial charge in [-0.05, 0) is 13.8 Å². The fraction of sp³-hybridized carbons (Fsp3) is 0.400. The first-order chi connectivity index (χ1) is 7.15. The van der Waals surface area contributed by atoms with E-state index in [4.69, 9.17) is 0 Å². The van der Waals surface area contributed by atoms with Crippen molar-refractivity contribution >= 4 is 17.9 Å². The number of carbonyl (C=O) groups is 1. The zero-order valence-electron chi connectivity index (χ0n) is 9.14. The highest BCUT2D eigenvalue weighted by atomic mass is 16.2. The Morgan fingerprint density at radius 1 is 1.53 bits per heavy atom. The zero-order valence-corrected chi connectivity index (χ0v) is 9.14. The molecule has 0 atom stereocenters. The topological polar surface area (TPSA) is 58.5 Å². The molecule has 1 aromatic rings. The molecule has 15 heavy (non-hydrogen) atoms. The molecule has 0 radical (unpaired) electrons. The Balaban J connectivity index is 2.94. The van der Waals surface area contributed by atoms with E-state index in [0.29, 0.717) is 18.1 Å². The van der Waals surface area contributed by atoms with Crippen LogP contribution in [-0.2, 0) is 4.79 Å². The van der Waals surface area contributed by atoms with Crippen molar-refractivity contribution in [1.29, 1.82) is 0 Å². The minimum absolute atomic E-state index is 0.111. The Morgan fingerprint density at radius 3 is 2.60 bits per heavy atom. The number of carbonyl (C=O) groups excluding carboxylic acids is 1. The molecule has 0 unspecified atom stereocenters. The van der Waals surface area contributed by atoms with Crippen molar-refractivity contribution < 1.29 is 4.79 Å². The summed E-state index contributed by atoms with van der Waals surface area (Å²) in [5, 5.41) is 0. The lowest BCUT2D eigenvalue weighted by Crippen LogP contribution is -2.27. The molecule has 0 N–H and O–H groups in total. The van der Waals surface area contributed by atoms with Crippen LogP contribution in [0.1, 0.15) is 19.7 Å². The Kier molecular flexibility index (Phi) is 3.91. The van der Waals surface area contributed by atoms with Crippen LogP contribution in [0.2, 0.25) is 0 Å². The molecule has 0 aromatic carbocycles. The Hall–Kier alpha value is -1.78. The fourth-order valence-electron chi connectivity index (χ4n) is 1.00. The van der Waals surface area contributed by atoms with E-state index in [9.17, 15) is 4.79 Å². The molecule has 1 heterocycles. The van der Waals surface area contributed by atoms with Gasteiger partial charge in [-0.1, -0.05) is 0 Å². The summed E-state index contributed by atoms with van der Waals surface area (Å²) in [5.41, 5.74) is 0.630. The number of anilines is 1. The molecule has 0 saturated heterocycles. The summed E-state index contributed by atoms with van der Waals surface area (Å²) in [6, 6.07) is 0. The van der Waals surface area contributed by atoms with Crippen LogP contribution in [0, 0.1) is 6.92 Å². The maximum Gasteiger partial charge on any atom is 0.229 e. The quantitative estimate of drug-likeness (QED) is 0.551. The van der Waals surface area contributed by atoms with Gasteiger partial charge >= 0.3 is 0 Å². The Bertz CT molecular complexity index is 358. The number of aliphatic imine (C=N–C) groups is 1. The monoisotopic (exact) mass is 206 g/mol. The smallest absolute Gasteiger partial charge is 0.229 e. The van der Waals surface area contributed by atoms with E-state index in [1.54, 1.807) is 19.3 Å². The second-order valence-corrected chi connectivity index (χ2v) is 2.99. The minimum Gasteiger partial charge on any atom is -0.275 e. The first-order valence-corrected chi connectivity index (χ1v) is 4.73. The summed E-state index contributed by atoms with van der Waals surface area (Å²) in [5.74, 6) is 0.564. The number of nitrogens with zero attached hydrogens (tertiary/aromatic N) is 4. The van der Waals surface area contributed by atoms with Crippen molar-refractivity contribution in [2.75, 3.05) is 11.4 Å². The third-order valence-corrected chi connectivity index (χ3v) is 1.76. The van der Waals surface area contributed by atoms with Gasteiger partial charge in [-0.25, -0.2) is 9.97 Å². The van der Waals surface area contributed by atoms with E-state index in [2.05, 4.69) is 15.0 Å². The first kappa shape index (κ1) is 11.3. The average Bonchev–Trinajstić information content (AvgIpc) is 2.21. The molecular weight excluding hydrogens is 192 g/mol. The minimum atomic E-state index is -0.111. The van der Waals surface area contributed by atoms with Crippen LogP contribution in [-0.4, -0.2) is 28.8 Å². The van der Waals surface area contributed by atoms with Gasteiger partial charge in [-0.2, -0.15) is 0 Å². The van der Waals surface area contributed by atoms with E-state index in [-0.39, 0.29) is 5.91 Å². The number of aryl methyl sites for hydroxylation is 1. The van der Waals surface area contributed by atoms with E-state index < -0.39 is 0 Å². The highest BCUT2D eigenvalue weighted by Gasteiger charge is 2.08. The van der Waals surface area contributed by atoms with Gasteiger partial charge in [-0.15, -0.1) is 0 Å². The molecule has 1 aromatic heterocycles. The Morgan fingerprint density at radius 2 is 2.13 bits per heavy atom. The molecule has 80 valence electrons. The number of hydrogen-bond acceptors (Lipinski definition) is 4. The van der Waals surface area contributed by atoms with Gasteiger partial charge in [0, 0.05) is 13.5 Å². The summed E-state index contributed by atoms with van der Waals surface area (Å²) in [7, 11) is 0. The van der Waals surface area contributed by atoms with E-state index in [1.807, 2.05) is 6.92 Å². The second kappa shape index (κ2) is 5.19. The standard InChI is InChI=1S/C10H14N4O/c1-4-11-7-14(9(3)15)10-5-12-8(2)13-6-10/h5-7H,4H2,1-3H3. The molecule has 0 aliphatic heterocycles. The van der Waals surface area contributed by atoms with Crippen LogP contribution < -0.4 is 4.90 Å². The highest BCUT2D eigenvalue weighted by Crippen LogP contribution is 2.09. The van der Waals surface area contributed by atoms with Crippen LogP contribution >= 0.6 is 0 Å². The van der Waals surface area contributed by atoms with Crippen LogP contribution in [0.15, 0.2) is 17.4 Å². The average molecular weight is 206 g/mol. The molecule has 5 nitrogen and oxygen atoms in total. The normalized spacial score (nSPS) is 10.6. The summed E-state index contributed by atoms with van der Waals surface area (Å²) in [6.07, 6.45) is 4.70. The van der Waals surface area contributed by atoms with E-state index in [0.717, 1.165) is 0 Å². The van der Waals surface area contributed by atoms with Gasteiger partial charge in [-0.3, -0.25) is 14.7 Å². The van der Waals surface area contributed by atoms with Crippen molar-refractivity contribution in [1.82, 2.24) is 9.97 Å². The maximum atomic E-state index is 11.3. The lowest BCUT2D eigenvalue weighted by Gasteiger charge is -2.14. The zero-order chi connectivity index (χ0) is 11.3. The predicted molar refractivity (Wildman–Crippen MR) is 59.0 cm³/mol. The SMILES string of the molecule is CCN=CN(C(C)=O)c1cnc(C)nc1. The fourth-order valence-corrected chi connectivity index (χ4v) is 1.00. The van der Waals surface area contributed by atoms with Gasteiger partial charge in [0.05, 0.1) is 24.4 Å². The lowest BCUT2D eigenvalue weighted by molar-refractivity contribution is -0.115. The van der Waals surface area contributed by atoms with E-state index in [1.165, 1.54) is 18.2 Å². The number of rotatable bonds is 3. The molecular formula is C10H14N4O. The molecule has 1 rings (SSSR count). The van der Waals surface area contributed by atoms with Gasteiger partial charge in [0.1, 0.15) is 5.82 Å². The molecule has 0 saturated carbocycles. The molecule has 0 aliphatic carbocycles. The summed E-state index contributed by atoms with van der Waals surface area (Å²) >= 11 is 0. The highest BCUT2D eigenvalue weighted by molar-refractivity contribution is 6.06. The van der Waals surface area contributed by atoms with Crippen molar-refractivity contribution in [3.63, 3.8) is 0 Å². The summed E-state index contributed by atoms with van der Waals surface area (Å²) < 4.78 is 0. The van der Waals surface area contributed by atoms with Crippen LogP contribution in [0.3, 0.4) is 0 Å². The van der Waals surface area contributed by atoms with Crippen molar-refractivity contribution in [3.8, 4) is 0 Å². The molecule has 0 aliphatic rings. The molecule has 0 spiro atoms. The third-order valence-electron chi connectivity index (χ3n) is 1.76. The summed E-state index contributed by atoms with van der Waals surface area (Å²) in [4.78, 5) is 24.8. The molecule has 5 heteroatoms. The van der Waals surface area contributed by atoms with E-state index >= 15 is 0 Å². The first-order valence-electron chi connectivity index (χ1n) is 4.73. The van der Waals surface area contributed by atoms with Crippen LogP contribution in [0.5, 0.6) is 0 Å². The maximum absolute atomic E-state index is 11.3. The Labute approximate surface area is 88.9 Å². The van der Waals surface area contributed by atoms with Gasteiger partial charge in [0.2, 0.25) is 5.91 Å². The van der Waals surface area contributed by atoms with Gasteiger partial charge < -0.3 is 0 Å². The van der Waals surface area contributed by atoms with Crippen molar-refractivity contribution in [2.45, 2.75) is 20.8 Å². The lowest BCUT2D eigenvalue weighted by atomic mass is 10.4. The summed E-state index contributed by atoms with van der Waals surface area (Å²) in [6.45, 7) is 5.81.